The molecule has 0 saturated heterocycles. The van der Waals surface area contributed by atoms with E-state index in [0.29, 0.717) is 15.4 Å². The van der Waals surface area contributed by atoms with E-state index in [1.165, 1.54) is 11.3 Å². The molecule has 1 atom stereocenters. The van der Waals surface area contributed by atoms with Crippen molar-refractivity contribution in [3.8, 4) is 0 Å². The Bertz CT molecular complexity index is 1110. The SMILES string of the molecule is CCOP(=O)(OCC)C(Cc1ccc(C(F)(F)F)cc1F)c1sc2ccccc2c1Br. The third-order valence-electron chi connectivity index (χ3n) is 4.66. The summed E-state index contributed by atoms with van der Waals surface area (Å²) in [6.07, 6.45) is -4.80. The van der Waals surface area contributed by atoms with E-state index < -0.39 is 30.8 Å². The van der Waals surface area contributed by atoms with Crippen molar-refractivity contribution in [1.29, 1.82) is 0 Å². The van der Waals surface area contributed by atoms with E-state index in [9.17, 15) is 22.1 Å². The molecule has 3 rings (SSSR count). The quantitative estimate of drug-likeness (QED) is 0.213. The van der Waals surface area contributed by atoms with Gasteiger partial charge in [-0.2, -0.15) is 13.2 Å². The van der Waals surface area contributed by atoms with Crippen LogP contribution in [0, 0.1) is 5.82 Å². The number of halogens is 5. The lowest BCUT2D eigenvalue weighted by Crippen LogP contribution is -2.11. The summed E-state index contributed by atoms with van der Waals surface area (Å²) in [5.41, 5.74) is -1.97. The molecule has 0 aliphatic heterocycles. The van der Waals surface area contributed by atoms with Crippen LogP contribution in [0.15, 0.2) is 46.9 Å². The molecule has 0 fully saturated rings. The molecule has 0 radical (unpaired) electrons. The van der Waals surface area contributed by atoms with Crippen molar-refractivity contribution < 1.29 is 31.2 Å². The van der Waals surface area contributed by atoms with Crippen molar-refractivity contribution in [2.75, 3.05) is 13.2 Å². The largest absolute Gasteiger partial charge is 0.416 e. The Labute approximate surface area is 190 Å². The minimum absolute atomic E-state index is 0.00184. The fraction of sp³-hybridized carbons (Fsp3) is 0.333. The Morgan fingerprint density at radius 3 is 2.29 bits per heavy atom. The van der Waals surface area contributed by atoms with Gasteiger partial charge in [0.25, 0.3) is 0 Å². The van der Waals surface area contributed by atoms with Crippen LogP contribution in [0.3, 0.4) is 0 Å². The molecule has 3 nitrogen and oxygen atoms in total. The summed E-state index contributed by atoms with van der Waals surface area (Å²) in [7, 11) is -3.77. The van der Waals surface area contributed by atoms with Crippen LogP contribution in [0.4, 0.5) is 17.6 Å². The van der Waals surface area contributed by atoms with Crippen LogP contribution in [-0.2, 0) is 26.2 Å². The zero-order valence-electron chi connectivity index (χ0n) is 16.7. The summed E-state index contributed by atoms with van der Waals surface area (Å²) < 4.78 is 79.9. The Morgan fingerprint density at radius 1 is 1.10 bits per heavy atom. The Kier molecular flexibility index (Phi) is 7.64. The van der Waals surface area contributed by atoms with Crippen LogP contribution >= 0.6 is 34.9 Å². The van der Waals surface area contributed by atoms with Crippen LogP contribution in [0.1, 0.15) is 35.5 Å². The molecule has 1 unspecified atom stereocenters. The first-order valence-corrected chi connectivity index (χ1v) is 12.7. The van der Waals surface area contributed by atoms with Crippen molar-refractivity contribution in [3.05, 3.63) is 68.8 Å². The van der Waals surface area contributed by atoms with Gasteiger partial charge in [-0.05, 0) is 60.0 Å². The van der Waals surface area contributed by atoms with E-state index in [1.54, 1.807) is 13.8 Å². The zero-order chi connectivity index (χ0) is 22.8. The Balaban J connectivity index is 2.12. The topological polar surface area (TPSA) is 35.5 Å². The van der Waals surface area contributed by atoms with Crippen molar-refractivity contribution in [2.24, 2.45) is 0 Å². The van der Waals surface area contributed by atoms with E-state index in [1.807, 2.05) is 24.3 Å². The van der Waals surface area contributed by atoms with E-state index in [-0.39, 0.29) is 25.2 Å². The minimum Gasteiger partial charge on any atom is -0.308 e. The predicted molar refractivity (Wildman–Crippen MR) is 118 cm³/mol. The average molecular weight is 539 g/mol. The maximum absolute atomic E-state index is 14.6. The smallest absolute Gasteiger partial charge is 0.308 e. The van der Waals surface area contributed by atoms with E-state index in [2.05, 4.69) is 15.9 Å². The maximum atomic E-state index is 14.6. The maximum Gasteiger partial charge on any atom is 0.416 e. The lowest BCUT2D eigenvalue weighted by atomic mass is 10.0. The normalized spacial score (nSPS) is 13.6. The van der Waals surface area contributed by atoms with Gasteiger partial charge in [0.05, 0.1) is 18.8 Å². The van der Waals surface area contributed by atoms with Gasteiger partial charge in [0.2, 0.25) is 0 Å². The molecule has 31 heavy (non-hydrogen) atoms. The lowest BCUT2D eigenvalue weighted by Gasteiger charge is -2.26. The summed E-state index contributed by atoms with van der Waals surface area (Å²) in [5.74, 6) is -1.02. The first kappa shape index (κ1) is 24.4. The Hall–Kier alpha value is -1.25. The van der Waals surface area contributed by atoms with Crippen LogP contribution in [0.25, 0.3) is 10.1 Å². The number of benzene rings is 2. The zero-order valence-corrected chi connectivity index (χ0v) is 20.0. The van der Waals surface area contributed by atoms with Gasteiger partial charge in [0, 0.05) is 19.4 Å². The summed E-state index contributed by atoms with van der Waals surface area (Å²) >= 11 is 4.91. The minimum atomic E-state index is -4.65. The fourth-order valence-electron chi connectivity index (χ4n) is 3.27. The third-order valence-corrected chi connectivity index (χ3v) is 9.67. The van der Waals surface area contributed by atoms with Crippen LogP contribution in [-0.4, -0.2) is 13.2 Å². The molecule has 1 heterocycles. The standard InChI is InChI=1S/C21H20BrF4O3PS/c1-3-28-30(27,29-4-2)17(20-19(22)15-7-5-6-8-18(15)31-20)11-13-9-10-14(12-16(13)23)21(24,25)26/h5-10,12,17H,3-4,11H2,1-2H3. The predicted octanol–water partition coefficient (Wildman–Crippen LogP) is 8.37. The molecule has 10 heteroatoms. The molecule has 2 aromatic carbocycles. The highest BCUT2D eigenvalue weighted by Crippen LogP contribution is 2.64. The van der Waals surface area contributed by atoms with Gasteiger partial charge in [0.1, 0.15) is 11.5 Å². The third kappa shape index (κ3) is 5.22. The van der Waals surface area contributed by atoms with Crippen molar-refractivity contribution in [1.82, 2.24) is 0 Å². The van der Waals surface area contributed by atoms with Gasteiger partial charge < -0.3 is 9.05 Å². The molecule has 0 aliphatic rings. The molecule has 0 bridgehead atoms. The molecule has 0 saturated carbocycles. The fourth-order valence-corrected chi connectivity index (χ4v) is 8.06. The summed E-state index contributed by atoms with van der Waals surface area (Å²) in [6, 6.07) is 9.87. The van der Waals surface area contributed by atoms with Crippen LogP contribution in [0.2, 0.25) is 0 Å². The second-order valence-corrected chi connectivity index (χ2v) is 10.8. The number of rotatable bonds is 8. The van der Waals surface area contributed by atoms with Crippen molar-refractivity contribution >= 4 is 44.9 Å². The highest BCUT2D eigenvalue weighted by Gasteiger charge is 2.40. The highest BCUT2D eigenvalue weighted by atomic mass is 79.9. The monoisotopic (exact) mass is 538 g/mol. The van der Waals surface area contributed by atoms with Crippen molar-refractivity contribution in [2.45, 2.75) is 32.1 Å². The molecular weight excluding hydrogens is 519 g/mol. The Morgan fingerprint density at radius 2 is 1.74 bits per heavy atom. The molecule has 0 amide bonds. The number of hydrogen-bond acceptors (Lipinski definition) is 4. The molecule has 0 aliphatic carbocycles. The second kappa shape index (κ2) is 9.71. The number of fused-ring (bicyclic) bond motifs is 1. The van der Waals surface area contributed by atoms with Gasteiger partial charge in [-0.1, -0.05) is 24.3 Å². The molecule has 1 aromatic heterocycles. The first-order chi connectivity index (χ1) is 14.6. The molecule has 0 spiro atoms. The average Bonchev–Trinajstić information content (AvgIpc) is 3.03. The molecule has 0 N–H and O–H groups in total. The van der Waals surface area contributed by atoms with E-state index in [4.69, 9.17) is 9.05 Å². The van der Waals surface area contributed by atoms with Gasteiger partial charge in [-0.25, -0.2) is 4.39 Å². The van der Waals surface area contributed by atoms with E-state index in [0.717, 1.165) is 22.2 Å². The lowest BCUT2D eigenvalue weighted by molar-refractivity contribution is -0.137. The number of hydrogen-bond donors (Lipinski definition) is 0. The van der Waals surface area contributed by atoms with Gasteiger partial charge in [0.15, 0.2) is 0 Å². The highest BCUT2D eigenvalue weighted by molar-refractivity contribution is 9.10. The summed E-state index contributed by atoms with van der Waals surface area (Å²) in [4.78, 5) is 0.630. The molecular formula is C21H20BrF4O3PS. The molecule has 3 aromatic rings. The van der Waals surface area contributed by atoms with Crippen molar-refractivity contribution in [3.63, 3.8) is 0 Å². The number of thiophene rings is 1. The summed E-state index contributed by atoms with van der Waals surface area (Å²) in [5, 5.41) is 0.889. The number of alkyl halides is 3. The first-order valence-electron chi connectivity index (χ1n) is 9.52. The van der Waals surface area contributed by atoms with Gasteiger partial charge >= 0.3 is 13.8 Å². The second-order valence-electron chi connectivity index (χ2n) is 6.68. The van der Waals surface area contributed by atoms with Crippen LogP contribution < -0.4 is 0 Å². The molecule has 168 valence electrons. The van der Waals surface area contributed by atoms with Gasteiger partial charge in [-0.15, -0.1) is 11.3 Å². The van der Waals surface area contributed by atoms with E-state index >= 15 is 0 Å². The van der Waals surface area contributed by atoms with Crippen LogP contribution in [0.5, 0.6) is 0 Å². The van der Waals surface area contributed by atoms with Gasteiger partial charge in [-0.3, -0.25) is 4.57 Å². The summed E-state index contributed by atoms with van der Waals surface area (Å²) in [6.45, 7) is 3.54.